The van der Waals surface area contributed by atoms with Crippen LogP contribution in [-0.2, 0) is 11.3 Å². The Morgan fingerprint density at radius 1 is 1.47 bits per heavy atom. The van der Waals surface area contributed by atoms with Gasteiger partial charge in [-0.1, -0.05) is 6.07 Å². The molecule has 0 fully saturated rings. The van der Waals surface area contributed by atoms with Gasteiger partial charge in [0.2, 0.25) is 0 Å². The number of alkyl halides is 3. The Balaban J connectivity index is 2.51. The van der Waals surface area contributed by atoms with E-state index in [1.54, 1.807) is 17.4 Å². The minimum atomic E-state index is -4.84. The van der Waals surface area contributed by atoms with E-state index >= 15 is 0 Å². The molecule has 0 bridgehead atoms. The van der Waals surface area contributed by atoms with E-state index in [1.165, 1.54) is 6.20 Å². The topological polar surface area (TPSA) is 42.0 Å². The first kappa shape index (κ1) is 11.5. The summed E-state index contributed by atoms with van der Waals surface area (Å²) in [7, 11) is 0. The lowest BCUT2D eigenvalue weighted by molar-refractivity contribution is -0.173. The van der Waals surface area contributed by atoms with Gasteiger partial charge in [0.1, 0.15) is 0 Å². The Morgan fingerprint density at radius 3 is 2.60 bits per heavy atom. The van der Waals surface area contributed by atoms with Gasteiger partial charge < -0.3 is 5.32 Å². The highest BCUT2D eigenvalue weighted by molar-refractivity contribution is 5.81. The maximum atomic E-state index is 11.8. The van der Waals surface area contributed by atoms with Crippen molar-refractivity contribution in [2.45, 2.75) is 19.6 Å². The Kier molecular flexibility index (Phi) is 3.28. The van der Waals surface area contributed by atoms with Crippen molar-refractivity contribution in [2.75, 3.05) is 0 Å². The molecule has 82 valence electrons. The van der Waals surface area contributed by atoms with Crippen molar-refractivity contribution in [3.8, 4) is 0 Å². The van der Waals surface area contributed by atoms with Gasteiger partial charge in [0.25, 0.3) is 0 Å². The molecule has 1 rings (SSSR count). The molecule has 1 aromatic rings. The second-order valence-corrected chi connectivity index (χ2v) is 3.01. The molecule has 0 aliphatic rings. The highest BCUT2D eigenvalue weighted by Gasteiger charge is 2.38. The number of hydrogen-bond acceptors (Lipinski definition) is 2. The number of carbonyl (C=O) groups excluding carboxylic acids is 1. The van der Waals surface area contributed by atoms with Gasteiger partial charge in [-0.25, -0.2) is 0 Å². The summed E-state index contributed by atoms with van der Waals surface area (Å²) in [5.41, 5.74) is 1.29. The summed E-state index contributed by atoms with van der Waals surface area (Å²) in [5, 5.41) is 1.73. The van der Waals surface area contributed by atoms with Crippen molar-refractivity contribution in [3.05, 3.63) is 29.6 Å². The summed E-state index contributed by atoms with van der Waals surface area (Å²) >= 11 is 0. The average Bonchev–Trinajstić information content (AvgIpc) is 2.15. The third-order valence-electron chi connectivity index (χ3n) is 1.66. The summed E-state index contributed by atoms with van der Waals surface area (Å²) < 4.78 is 35.4. The number of halogens is 3. The SMILES string of the molecule is Cc1ccc(CNC(=O)C(F)(F)F)nc1. The van der Waals surface area contributed by atoms with Crippen LogP contribution in [0.3, 0.4) is 0 Å². The summed E-state index contributed by atoms with van der Waals surface area (Å²) in [6.45, 7) is 1.59. The van der Waals surface area contributed by atoms with Gasteiger partial charge in [-0.05, 0) is 18.6 Å². The van der Waals surface area contributed by atoms with Crippen LogP contribution in [0.15, 0.2) is 18.3 Å². The lowest BCUT2D eigenvalue weighted by Gasteiger charge is -2.07. The van der Waals surface area contributed by atoms with E-state index in [9.17, 15) is 18.0 Å². The highest BCUT2D eigenvalue weighted by Crippen LogP contribution is 2.14. The quantitative estimate of drug-likeness (QED) is 0.818. The molecule has 0 radical (unpaired) electrons. The van der Waals surface area contributed by atoms with E-state index in [1.807, 2.05) is 6.92 Å². The fourth-order valence-electron chi connectivity index (χ4n) is 0.874. The minimum Gasteiger partial charge on any atom is -0.343 e. The van der Waals surface area contributed by atoms with Gasteiger partial charge in [-0.3, -0.25) is 9.78 Å². The number of pyridine rings is 1. The van der Waals surface area contributed by atoms with Crippen molar-refractivity contribution in [1.82, 2.24) is 10.3 Å². The Morgan fingerprint density at radius 2 is 2.13 bits per heavy atom. The van der Waals surface area contributed by atoms with Crippen LogP contribution in [0.4, 0.5) is 13.2 Å². The van der Waals surface area contributed by atoms with Gasteiger partial charge in [0.15, 0.2) is 0 Å². The number of aromatic nitrogens is 1. The van der Waals surface area contributed by atoms with Gasteiger partial charge >= 0.3 is 12.1 Å². The molecule has 0 unspecified atom stereocenters. The fourth-order valence-corrected chi connectivity index (χ4v) is 0.874. The van der Waals surface area contributed by atoms with E-state index in [0.29, 0.717) is 5.69 Å². The number of hydrogen-bond donors (Lipinski definition) is 1. The second-order valence-electron chi connectivity index (χ2n) is 3.01. The van der Waals surface area contributed by atoms with Crippen molar-refractivity contribution in [1.29, 1.82) is 0 Å². The molecule has 1 amide bonds. The number of amides is 1. The Labute approximate surface area is 84.3 Å². The highest BCUT2D eigenvalue weighted by atomic mass is 19.4. The number of carbonyl (C=O) groups is 1. The van der Waals surface area contributed by atoms with Gasteiger partial charge in [-0.2, -0.15) is 13.2 Å². The molecule has 1 heterocycles. The molecule has 0 spiro atoms. The number of nitrogens with one attached hydrogen (secondary N) is 1. The van der Waals surface area contributed by atoms with Crippen LogP contribution in [0.2, 0.25) is 0 Å². The van der Waals surface area contributed by atoms with Crippen LogP contribution in [0, 0.1) is 6.92 Å². The van der Waals surface area contributed by atoms with Crippen molar-refractivity contribution in [2.24, 2.45) is 0 Å². The van der Waals surface area contributed by atoms with Gasteiger partial charge in [0.05, 0.1) is 12.2 Å². The van der Waals surface area contributed by atoms with E-state index in [0.717, 1.165) is 5.56 Å². The van der Waals surface area contributed by atoms with E-state index in [-0.39, 0.29) is 6.54 Å². The van der Waals surface area contributed by atoms with Crippen LogP contribution < -0.4 is 5.32 Å². The molecule has 3 nitrogen and oxygen atoms in total. The zero-order valence-corrected chi connectivity index (χ0v) is 7.93. The van der Waals surface area contributed by atoms with Crippen LogP contribution in [0.5, 0.6) is 0 Å². The first-order valence-electron chi connectivity index (χ1n) is 4.16. The monoisotopic (exact) mass is 218 g/mol. The molecular weight excluding hydrogens is 209 g/mol. The van der Waals surface area contributed by atoms with Crippen LogP contribution in [0.25, 0.3) is 0 Å². The van der Waals surface area contributed by atoms with E-state index in [2.05, 4.69) is 4.98 Å². The Bertz CT molecular complexity index is 345. The lowest BCUT2D eigenvalue weighted by Crippen LogP contribution is -2.36. The molecule has 0 aliphatic carbocycles. The molecule has 0 saturated carbocycles. The maximum absolute atomic E-state index is 11.8. The molecule has 15 heavy (non-hydrogen) atoms. The largest absolute Gasteiger partial charge is 0.471 e. The zero-order valence-electron chi connectivity index (χ0n) is 7.93. The number of rotatable bonds is 2. The number of nitrogens with zero attached hydrogens (tertiary/aromatic N) is 1. The zero-order chi connectivity index (χ0) is 11.5. The Hall–Kier alpha value is -1.59. The first-order valence-corrected chi connectivity index (χ1v) is 4.16. The third kappa shape index (κ3) is 3.57. The van der Waals surface area contributed by atoms with Crippen LogP contribution in [-0.4, -0.2) is 17.1 Å². The van der Waals surface area contributed by atoms with E-state index in [4.69, 9.17) is 0 Å². The summed E-state index contributed by atoms with van der Waals surface area (Å²) in [6, 6.07) is 3.27. The van der Waals surface area contributed by atoms with Crippen molar-refractivity contribution >= 4 is 5.91 Å². The normalized spacial score (nSPS) is 11.2. The summed E-state index contributed by atoms with van der Waals surface area (Å²) in [6.07, 6.45) is -3.32. The molecule has 6 heteroatoms. The molecule has 0 saturated heterocycles. The van der Waals surface area contributed by atoms with Gasteiger partial charge in [0, 0.05) is 6.20 Å². The second kappa shape index (κ2) is 4.29. The molecule has 0 atom stereocenters. The fraction of sp³-hybridized carbons (Fsp3) is 0.333. The minimum absolute atomic E-state index is 0.224. The lowest BCUT2D eigenvalue weighted by atomic mass is 10.3. The summed E-state index contributed by atoms with van der Waals surface area (Å²) in [4.78, 5) is 14.3. The molecule has 1 N–H and O–H groups in total. The third-order valence-corrected chi connectivity index (χ3v) is 1.66. The standard InChI is InChI=1S/C9H9F3N2O/c1-6-2-3-7(13-4-6)5-14-8(15)9(10,11)12/h2-4H,5H2,1H3,(H,14,15). The predicted octanol–water partition coefficient (Wildman–Crippen LogP) is 1.57. The maximum Gasteiger partial charge on any atom is 0.471 e. The molecule has 0 aromatic carbocycles. The van der Waals surface area contributed by atoms with Crippen LogP contribution >= 0.6 is 0 Å². The smallest absolute Gasteiger partial charge is 0.343 e. The molecule has 1 aromatic heterocycles. The van der Waals surface area contributed by atoms with Crippen LogP contribution in [0.1, 0.15) is 11.3 Å². The van der Waals surface area contributed by atoms with Crippen molar-refractivity contribution in [3.63, 3.8) is 0 Å². The average molecular weight is 218 g/mol. The molecule has 0 aliphatic heterocycles. The van der Waals surface area contributed by atoms with Gasteiger partial charge in [-0.15, -0.1) is 0 Å². The summed E-state index contributed by atoms with van der Waals surface area (Å²) in [5.74, 6) is -1.95. The molecular formula is C9H9F3N2O. The van der Waals surface area contributed by atoms with Crippen molar-refractivity contribution < 1.29 is 18.0 Å². The first-order chi connectivity index (χ1) is 6.89. The predicted molar refractivity (Wildman–Crippen MR) is 46.9 cm³/mol. The van der Waals surface area contributed by atoms with E-state index < -0.39 is 12.1 Å². The number of aryl methyl sites for hydroxylation is 1.